The van der Waals surface area contributed by atoms with E-state index in [2.05, 4.69) is 53.5 Å². The van der Waals surface area contributed by atoms with Crippen LogP contribution in [0.4, 0.5) is 5.69 Å². The number of piperidine rings is 1. The summed E-state index contributed by atoms with van der Waals surface area (Å²) >= 11 is 0. The molecule has 2 heterocycles. The van der Waals surface area contributed by atoms with E-state index >= 15 is 0 Å². The highest BCUT2D eigenvalue weighted by molar-refractivity contribution is 6.08. The molecular weight excluding hydrogens is 396 g/mol. The third-order valence-corrected chi connectivity index (χ3v) is 7.24. The number of hydrogen-bond acceptors (Lipinski definition) is 4. The standard InChI is InChI=1S/C28H30N2O2/c1-20-7-3-4-8-22(20)19-30-17-15-28(16-18-30)26(21-11-13-23(32-2)14-12-21)27(31)24-9-5-6-10-25(24)29-28/h3-14,26,29H,15-19H2,1-2H3. The number of ketones is 1. The van der Waals surface area contributed by atoms with Crippen LogP contribution < -0.4 is 10.1 Å². The number of methoxy groups -OCH3 is 1. The highest BCUT2D eigenvalue weighted by Gasteiger charge is 2.49. The summed E-state index contributed by atoms with van der Waals surface area (Å²) in [6, 6.07) is 24.6. The second kappa shape index (κ2) is 8.44. The van der Waals surface area contributed by atoms with Gasteiger partial charge in [0.05, 0.1) is 18.6 Å². The van der Waals surface area contributed by atoms with Crippen LogP contribution in [0.2, 0.25) is 0 Å². The summed E-state index contributed by atoms with van der Waals surface area (Å²) in [5.41, 5.74) is 5.26. The Balaban J connectivity index is 1.45. The Kier molecular flexibility index (Phi) is 5.48. The first-order valence-corrected chi connectivity index (χ1v) is 11.4. The number of nitrogens with zero attached hydrogens (tertiary/aromatic N) is 1. The summed E-state index contributed by atoms with van der Waals surface area (Å²) in [4.78, 5) is 16.3. The smallest absolute Gasteiger partial charge is 0.174 e. The van der Waals surface area contributed by atoms with Gasteiger partial charge in [-0.3, -0.25) is 9.69 Å². The fourth-order valence-corrected chi connectivity index (χ4v) is 5.37. The number of aryl methyl sites for hydroxylation is 1. The van der Waals surface area contributed by atoms with Crippen molar-refractivity contribution in [2.75, 3.05) is 25.5 Å². The van der Waals surface area contributed by atoms with Crippen molar-refractivity contribution in [2.45, 2.75) is 37.8 Å². The molecule has 3 aromatic carbocycles. The number of rotatable bonds is 4. The zero-order valence-corrected chi connectivity index (χ0v) is 18.8. The van der Waals surface area contributed by atoms with Crippen molar-refractivity contribution in [3.63, 3.8) is 0 Å². The number of fused-ring (bicyclic) bond motifs is 1. The molecule has 5 rings (SSSR count). The number of nitrogens with one attached hydrogen (secondary N) is 1. The summed E-state index contributed by atoms with van der Waals surface area (Å²) in [6.07, 6.45) is 1.85. The van der Waals surface area contributed by atoms with E-state index in [-0.39, 0.29) is 17.2 Å². The van der Waals surface area contributed by atoms with Crippen LogP contribution >= 0.6 is 0 Å². The predicted molar refractivity (Wildman–Crippen MR) is 129 cm³/mol. The first-order chi connectivity index (χ1) is 15.6. The lowest BCUT2D eigenvalue weighted by Gasteiger charge is -2.50. The molecule has 0 aliphatic carbocycles. The molecule has 32 heavy (non-hydrogen) atoms. The third kappa shape index (κ3) is 3.69. The van der Waals surface area contributed by atoms with E-state index in [0.29, 0.717) is 0 Å². The number of anilines is 1. The second-order valence-electron chi connectivity index (χ2n) is 9.10. The fraction of sp³-hybridized carbons (Fsp3) is 0.321. The number of Topliss-reactive ketones (excluding diaryl/α,β-unsaturated/α-hetero) is 1. The highest BCUT2D eigenvalue weighted by Crippen LogP contribution is 2.46. The summed E-state index contributed by atoms with van der Waals surface area (Å²) in [5.74, 6) is 0.827. The lowest BCUT2D eigenvalue weighted by molar-refractivity contribution is 0.0842. The van der Waals surface area contributed by atoms with E-state index in [0.717, 1.165) is 55.0 Å². The maximum absolute atomic E-state index is 13.8. The van der Waals surface area contributed by atoms with E-state index in [1.807, 2.05) is 36.4 Å². The monoisotopic (exact) mass is 426 g/mol. The minimum Gasteiger partial charge on any atom is -0.497 e. The number of hydrogen-bond donors (Lipinski definition) is 1. The molecule has 4 heteroatoms. The van der Waals surface area contributed by atoms with Gasteiger partial charge in [0.15, 0.2) is 5.78 Å². The molecule has 1 saturated heterocycles. The minimum atomic E-state index is -0.276. The molecule has 1 fully saturated rings. The van der Waals surface area contributed by atoms with Gasteiger partial charge in [0, 0.05) is 30.9 Å². The summed E-state index contributed by atoms with van der Waals surface area (Å²) in [5, 5.41) is 3.84. The SMILES string of the molecule is COc1ccc(C2C(=O)c3ccccc3NC23CCN(Cc2ccccc2C)CC3)cc1. The molecule has 0 bridgehead atoms. The van der Waals surface area contributed by atoms with Gasteiger partial charge in [0.25, 0.3) is 0 Å². The van der Waals surface area contributed by atoms with Crippen molar-refractivity contribution in [3.8, 4) is 5.75 Å². The Labute approximate surface area is 190 Å². The average Bonchev–Trinajstić information content (AvgIpc) is 2.82. The summed E-state index contributed by atoms with van der Waals surface area (Å²) in [6.45, 7) is 5.06. The van der Waals surface area contributed by atoms with Gasteiger partial charge in [-0.1, -0.05) is 48.5 Å². The van der Waals surface area contributed by atoms with Crippen LogP contribution in [0.1, 0.15) is 45.8 Å². The van der Waals surface area contributed by atoms with Crippen LogP contribution in [0.3, 0.4) is 0 Å². The van der Waals surface area contributed by atoms with Gasteiger partial charge in [0.1, 0.15) is 5.75 Å². The maximum atomic E-state index is 13.8. The molecule has 2 aliphatic heterocycles. The van der Waals surface area contributed by atoms with Crippen molar-refractivity contribution in [1.29, 1.82) is 0 Å². The van der Waals surface area contributed by atoms with Crippen molar-refractivity contribution < 1.29 is 9.53 Å². The van der Waals surface area contributed by atoms with Gasteiger partial charge in [0.2, 0.25) is 0 Å². The van der Waals surface area contributed by atoms with Crippen LogP contribution in [-0.4, -0.2) is 36.4 Å². The molecule has 2 aliphatic rings. The molecule has 0 saturated carbocycles. The van der Waals surface area contributed by atoms with Crippen LogP contribution in [0.5, 0.6) is 5.75 Å². The number of carbonyl (C=O) groups is 1. The quantitative estimate of drug-likeness (QED) is 0.604. The molecule has 4 nitrogen and oxygen atoms in total. The third-order valence-electron chi connectivity index (χ3n) is 7.24. The molecule has 164 valence electrons. The van der Waals surface area contributed by atoms with Crippen LogP contribution in [-0.2, 0) is 6.54 Å². The zero-order valence-electron chi connectivity index (χ0n) is 18.8. The van der Waals surface area contributed by atoms with Gasteiger partial charge in [-0.15, -0.1) is 0 Å². The fourth-order valence-electron chi connectivity index (χ4n) is 5.37. The number of carbonyl (C=O) groups excluding carboxylic acids is 1. The number of para-hydroxylation sites is 1. The van der Waals surface area contributed by atoms with Crippen LogP contribution in [0.25, 0.3) is 0 Å². The van der Waals surface area contributed by atoms with Crippen molar-refractivity contribution in [3.05, 3.63) is 95.1 Å². The summed E-state index contributed by atoms with van der Waals surface area (Å²) in [7, 11) is 1.67. The maximum Gasteiger partial charge on any atom is 0.174 e. The zero-order chi connectivity index (χ0) is 22.1. The van der Waals surface area contributed by atoms with Gasteiger partial charge in [-0.05, 0) is 60.7 Å². The molecule has 1 unspecified atom stereocenters. The van der Waals surface area contributed by atoms with E-state index in [1.54, 1.807) is 7.11 Å². The Morgan fingerprint density at radius 1 is 0.969 bits per heavy atom. The normalized spacial score (nSPS) is 19.9. The molecule has 1 atom stereocenters. The van der Waals surface area contributed by atoms with E-state index in [1.165, 1.54) is 11.1 Å². The summed E-state index contributed by atoms with van der Waals surface area (Å²) < 4.78 is 5.35. The largest absolute Gasteiger partial charge is 0.497 e. The molecule has 3 aromatic rings. The molecule has 1 N–H and O–H groups in total. The molecular formula is C28H30N2O2. The van der Waals surface area contributed by atoms with Crippen LogP contribution in [0.15, 0.2) is 72.8 Å². The average molecular weight is 427 g/mol. The Morgan fingerprint density at radius 3 is 2.38 bits per heavy atom. The molecule has 0 amide bonds. The minimum absolute atomic E-state index is 0.205. The highest BCUT2D eigenvalue weighted by atomic mass is 16.5. The van der Waals surface area contributed by atoms with Crippen molar-refractivity contribution in [2.24, 2.45) is 0 Å². The van der Waals surface area contributed by atoms with Crippen molar-refractivity contribution >= 4 is 11.5 Å². The lowest BCUT2D eigenvalue weighted by Crippen LogP contribution is -2.56. The number of likely N-dealkylation sites (tertiary alicyclic amines) is 1. The van der Waals surface area contributed by atoms with E-state index in [4.69, 9.17) is 4.74 Å². The molecule has 0 radical (unpaired) electrons. The van der Waals surface area contributed by atoms with Gasteiger partial charge < -0.3 is 10.1 Å². The number of benzene rings is 3. The Morgan fingerprint density at radius 2 is 1.66 bits per heavy atom. The lowest BCUT2D eigenvalue weighted by atomic mass is 9.67. The Bertz CT molecular complexity index is 1110. The molecule has 0 aromatic heterocycles. The topological polar surface area (TPSA) is 41.6 Å². The van der Waals surface area contributed by atoms with E-state index in [9.17, 15) is 4.79 Å². The predicted octanol–water partition coefficient (Wildman–Crippen LogP) is 5.43. The molecule has 1 spiro atoms. The second-order valence-corrected chi connectivity index (χ2v) is 9.10. The van der Waals surface area contributed by atoms with Crippen LogP contribution in [0, 0.1) is 6.92 Å². The van der Waals surface area contributed by atoms with E-state index < -0.39 is 0 Å². The Hall–Kier alpha value is -3.11. The number of ether oxygens (including phenoxy) is 1. The van der Waals surface area contributed by atoms with Gasteiger partial charge in [-0.25, -0.2) is 0 Å². The van der Waals surface area contributed by atoms with Gasteiger partial charge in [-0.2, -0.15) is 0 Å². The first kappa shape index (κ1) is 20.8. The first-order valence-electron chi connectivity index (χ1n) is 11.4. The van der Waals surface area contributed by atoms with Gasteiger partial charge >= 0.3 is 0 Å². The van der Waals surface area contributed by atoms with Crippen molar-refractivity contribution in [1.82, 2.24) is 4.90 Å².